The predicted molar refractivity (Wildman–Crippen MR) is 64.0 cm³/mol. The van der Waals surface area contributed by atoms with Crippen LogP contribution in [0.4, 0.5) is 13.6 Å². The Morgan fingerprint density at radius 2 is 1.94 bits per heavy atom. The summed E-state index contributed by atoms with van der Waals surface area (Å²) in [6.45, 7) is 1.48. The highest BCUT2D eigenvalue weighted by Crippen LogP contribution is 2.11. The first-order chi connectivity index (χ1) is 8.66. The summed E-state index contributed by atoms with van der Waals surface area (Å²) < 4.78 is 26.3. The SMILES string of the molecule is O=C(NCc1cc(F)ccc1F)N1CCCCC1. The van der Waals surface area contributed by atoms with E-state index in [1.54, 1.807) is 4.90 Å². The van der Waals surface area contributed by atoms with Crippen molar-refractivity contribution < 1.29 is 13.6 Å². The molecule has 0 saturated carbocycles. The number of carbonyl (C=O) groups excluding carboxylic acids is 1. The number of likely N-dealkylation sites (tertiary alicyclic amines) is 1. The molecule has 1 aromatic rings. The van der Waals surface area contributed by atoms with Gasteiger partial charge in [-0.3, -0.25) is 0 Å². The molecule has 1 N–H and O–H groups in total. The Morgan fingerprint density at radius 3 is 2.67 bits per heavy atom. The molecule has 2 amide bonds. The fourth-order valence-corrected chi connectivity index (χ4v) is 2.06. The van der Waals surface area contributed by atoms with Crippen LogP contribution in [0.1, 0.15) is 24.8 Å². The maximum Gasteiger partial charge on any atom is 0.317 e. The average molecular weight is 254 g/mol. The summed E-state index contributed by atoms with van der Waals surface area (Å²) in [5.41, 5.74) is 0.167. The molecule has 5 heteroatoms. The highest BCUT2D eigenvalue weighted by atomic mass is 19.1. The van der Waals surface area contributed by atoms with Crippen LogP contribution in [0.5, 0.6) is 0 Å². The van der Waals surface area contributed by atoms with Gasteiger partial charge in [0.25, 0.3) is 0 Å². The van der Waals surface area contributed by atoms with Gasteiger partial charge in [-0.15, -0.1) is 0 Å². The third-order valence-corrected chi connectivity index (χ3v) is 3.08. The molecule has 1 heterocycles. The summed E-state index contributed by atoms with van der Waals surface area (Å²) in [6.07, 6.45) is 3.14. The number of nitrogens with zero attached hydrogens (tertiary/aromatic N) is 1. The summed E-state index contributed by atoms with van der Waals surface area (Å²) in [5, 5.41) is 2.62. The van der Waals surface area contributed by atoms with Crippen molar-refractivity contribution >= 4 is 6.03 Å². The molecule has 1 saturated heterocycles. The summed E-state index contributed by atoms with van der Waals surface area (Å²) in [5.74, 6) is -1.01. The Bertz CT molecular complexity index is 431. The quantitative estimate of drug-likeness (QED) is 0.864. The summed E-state index contributed by atoms with van der Waals surface area (Å²) in [6, 6.07) is 3.02. The normalized spacial score (nSPS) is 15.6. The maximum absolute atomic E-state index is 13.3. The molecule has 1 aromatic carbocycles. The topological polar surface area (TPSA) is 32.3 Å². The minimum Gasteiger partial charge on any atom is -0.334 e. The Labute approximate surface area is 105 Å². The maximum atomic E-state index is 13.3. The van der Waals surface area contributed by atoms with Gasteiger partial charge in [-0.2, -0.15) is 0 Å². The van der Waals surface area contributed by atoms with Gasteiger partial charge < -0.3 is 10.2 Å². The Kier molecular flexibility index (Phi) is 4.12. The van der Waals surface area contributed by atoms with E-state index in [9.17, 15) is 13.6 Å². The van der Waals surface area contributed by atoms with E-state index in [-0.39, 0.29) is 18.1 Å². The zero-order chi connectivity index (χ0) is 13.0. The summed E-state index contributed by atoms with van der Waals surface area (Å²) >= 11 is 0. The molecule has 0 spiro atoms. The van der Waals surface area contributed by atoms with Crippen LogP contribution in [-0.4, -0.2) is 24.0 Å². The number of hydrogen-bond donors (Lipinski definition) is 1. The second-order valence-electron chi connectivity index (χ2n) is 4.44. The number of hydrogen-bond acceptors (Lipinski definition) is 1. The molecule has 0 bridgehead atoms. The molecule has 1 fully saturated rings. The van der Waals surface area contributed by atoms with Crippen molar-refractivity contribution in [1.82, 2.24) is 10.2 Å². The first-order valence-corrected chi connectivity index (χ1v) is 6.13. The largest absolute Gasteiger partial charge is 0.334 e. The Balaban J connectivity index is 1.90. The minimum absolute atomic E-state index is 0.0128. The third-order valence-electron chi connectivity index (χ3n) is 3.08. The molecule has 3 nitrogen and oxygen atoms in total. The van der Waals surface area contributed by atoms with Crippen LogP contribution in [0.2, 0.25) is 0 Å². The monoisotopic (exact) mass is 254 g/mol. The highest BCUT2D eigenvalue weighted by Gasteiger charge is 2.16. The number of nitrogens with one attached hydrogen (secondary N) is 1. The van der Waals surface area contributed by atoms with Gasteiger partial charge in [0.15, 0.2) is 0 Å². The summed E-state index contributed by atoms with van der Waals surface area (Å²) in [4.78, 5) is 13.5. The smallest absolute Gasteiger partial charge is 0.317 e. The number of carbonyl (C=O) groups is 1. The van der Waals surface area contributed by atoms with E-state index in [4.69, 9.17) is 0 Å². The van der Waals surface area contributed by atoms with Crippen LogP contribution in [-0.2, 0) is 6.54 Å². The third kappa shape index (κ3) is 3.18. The minimum atomic E-state index is -0.504. The van der Waals surface area contributed by atoms with Crippen LogP contribution in [0.3, 0.4) is 0 Å². The zero-order valence-electron chi connectivity index (χ0n) is 10.1. The van der Waals surface area contributed by atoms with E-state index in [1.807, 2.05) is 0 Å². The molecular weight excluding hydrogens is 238 g/mol. The van der Waals surface area contributed by atoms with E-state index in [1.165, 1.54) is 0 Å². The number of halogens is 2. The van der Waals surface area contributed by atoms with Crippen molar-refractivity contribution in [3.8, 4) is 0 Å². The molecule has 0 radical (unpaired) electrons. The lowest BCUT2D eigenvalue weighted by atomic mass is 10.1. The first-order valence-electron chi connectivity index (χ1n) is 6.13. The van der Waals surface area contributed by atoms with Crippen LogP contribution < -0.4 is 5.32 Å². The van der Waals surface area contributed by atoms with Crippen molar-refractivity contribution in [2.75, 3.05) is 13.1 Å². The lowest BCUT2D eigenvalue weighted by Crippen LogP contribution is -2.42. The van der Waals surface area contributed by atoms with Crippen LogP contribution in [0, 0.1) is 11.6 Å². The summed E-state index contributed by atoms with van der Waals surface area (Å²) in [7, 11) is 0. The van der Waals surface area contributed by atoms with E-state index >= 15 is 0 Å². The Morgan fingerprint density at radius 1 is 1.22 bits per heavy atom. The molecule has 0 aromatic heterocycles. The fraction of sp³-hybridized carbons (Fsp3) is 0.462. The van der Waals surface area contributed by atoms with Crippen molar-refractivity contribution in [1.29, 1.82) is 0 Å². The molecule has 18 heavy (non-hydrogen) atoms. The van der Waals surface area contributed by atoms with Crippen molar-refractivity contribution in [2.24, 2.45) is 0 Å². The molecule has 0 unspecified atom stereocenters. The number of amides is 2. The van der Waals surface area contributed by atoms with Gasteiger partial charge in [-0.05, 0) is 37.5 Å². The highest BCUT2D eigenvalue weighted by molar-refractivity contribution is 5.74. The van der Waals surface area contributed by atoms with Gasteiger partial charge >= 0.3 is 6.03 Å². The Hall–Kier alpha value is -1.65. The molecule has 1 aliphatic heterocycles. The average Bonchev–Trinajstić information content (AvgIpc) is 2.40. The lowest BCUT2D eigenvalue weighted by Gasteiger charge is -2.26. The van der Waals surface area contributed by atoms with Gasteiger partial charge in [-0.25, -0.2) is 13.6 Å². The number of piperidine rings is 1. The molecule has 98 valence electrons. The van der Waals surface area contributed by atoms with Crippen LogP contribution >= 0.6 is 0 Å². The van der Waals surface area contributed by atoms with E-state index < -0.39 is 11.6 Å². The predicted octanol–water partition coefficient (Wildman–Crippen LogP) is 2.66. The molecule has 0 atom stereocenters. The number of rotatable bonds is 2. The van der Waals surface area contributed by atoms with Gasteiger partial charge in [0, 0.05) is 25.2 Å². The van der Waals surface area contributed by atoms with Crippen LogP contribution in [0.15, 0.2) is 18.2 Å². The molecule has 0 aliphatic carbocycles. The standard InChI is InChI=1S/C13H16F2N2O/c14-11-4-5-12(15)10(8-11)9-16-13(18)17-6-2-1-3-7-17/h4-5,8H,1-3,6-7,9H2,(H,16,18). The van der Waals surface area contributed by atoms with Crippen molar-refractivity contribution in [2.45, 2.75) is 25.8 Å². The molecule has 1 aliphatic rings. The van der Waals surface area contributed by atoms with E-state index in [0.717, 1.165) is 50.6 Å². The van der Waals surface area contributed by atoms with E-state index in [0.29, 0.717) is 0 Å². The number of benzene rings is 1. The second-order valence-corrected chi connectivity index (χ2v) is 4.44. The van der Waals surface area contributed by atoms with Gasteiger partial charge in [-0.1, -0.05) is 0 Å². The molecular formula is C13H16F2N2O. The van der Waals surface area contributed by atoms with Gasteiger partial charge in [0.1, 0.15) is 11.6 Å². The van der Waals surface area contributed by atoms with Crippen LogP contribution in [0.25, 0.3) is 0 Å². The lowest BCUT2D eigenvalue weighted by molar-refractivity contribution is 0.186. The van der Waals surface area contributed by atoms with Gasteiger partial charge in [0.05, 0.1) is 0 Å². The van der Waals surface area contributed by atoms with E-state index in [2.05, 4.69) is 5.32 Å². The molecule has 2 rings (SSSR count). The first kappa shape index (κ1) is 12.8. The number of urea groups is 1. The van der Waals surface area contributed by atoms with Gasteiger partial charge in [0.2, 0.25) is 0 Å². The zero-order valence-corrected chi connectivity index (χ0v) is 10.1. The van der Waals surface area contributed by atoms with Crippen molar-refractivity contribution in [3.63, 3.8) is 0 Å². The van der Waals surface area contributed by atoms with Crippen molar-refractivity contribution in [3.05, 3.63) is 35.4 Å². The fourth-order valence-electron chi connectivity index (χ4n) is 2.06. The second kappa shape index (κ2) is 5.80.